The Bertz CT molecular complexity index is 1080. The van der Waals surface area contributed by atoms with Crippen molar-refractivity contribution in [2.75, 3.05) is 24.5 Å². The van der Waals surface area contributed by atoms with Crippen molar-refractivity contribution in [1.29, 1.82) is 0 Å². The summed E-state index contributed by atoms with van der Waals surface area (Å²) in [4.78, 5) is 43.6. The molecule has 0 aliphatic carbocycles. The zero-order valence-electron chi connectivity index (χ0n) is 15.3. The second kappa shape index (κ2) is 7.58. The van der Waals surface area contributed by atoms with Crippen LogP contribution >= 0.6 is 0 Å². The van der Waals surface area contributed by atoms with E-state index in [1.54, 1.807) is 0 Å². The smallest absolute Gasteiger partial charge is 0.331 e. The normalized spacial score (nSPS) is 13.1. The van der Waals surface area contributed by atoms with Gasteiger partial charge < -0.3 is 19.9 Å². The average Bonchev–Trinajstić information content (AvgIpc) is 3.10. The Morgan fingerprint density at radius 2 is 2.14 bits per heavy atom. The summed E-state index contributed by atoms with van der Waals surface area (Å²) in [7, 11) is 0. The first-order valence-corrected chi connectivity index (χ1v) is 8.94. The van der Waals surface area contributed by atoms with Crippen LogP contribution < -0.4 is 15.0 Å². The number of anilines is 1. The Morgan fingerprint density at radius 1 is 1.31 bits per heavy atom. The van der Waals surface area contributed by atoms with Gasteiger partial charge in [-0.3, -0.25) is 14.9 Å². The van der Waals surface area contributed by atoms with E-state index in [0.717, 1.165) is 16.9 Å². The molecule has 2 heterocycles. The number of imidazole rings is 1. The summed E-state index contributed by atoms with van der Waals surface area (Å²) >= 11 is 0. The molecule has 148 valence electrons. The highest BCUT2D eigenvalue weighted by atomic mass is 16.6. The van der Waals surface area contributed by atoms with E-state index in [4.69, 9.17) is 4.74 Å². The van der Waals surface area contributed by atoms with Gasteiger partial charge in [0.05, 0.1) is 34.3 Å². The lowest BCUT2D eigenvalue weighted by atomic mass is 10.2. The Kier molecular flexibility index (Phi) is 4.82. The number of amides is 1. The Labute approximate surface area is 164 Å². The molecule has 0 unspecified atom stereocenters. The molecule has 0 saturated heterocycles. The summed E-state index contributed by atoms with van der Waals surface area (Å²) < 4.78 is 5.07. The molecule has 4 rings (SSSR count). The fourth-order valence-corrected chi connectivity index (χ4v) is 3.17. The molecule has 2 N–H and O–H groups in total. The fourth-order valence-electron chi connectivity index (χ4n) is 3.17. The number of ether oxygens (including phenoxy) is 1. The van der Waals surface area contributed by atoms with Crippen LogP contribution in [0.3, 0.4) is 0 Å². The first-order chi connectivity index (χ1) is 14.0. The van der Waals surface area contributed by atoms with E-state index < -0.39 is 10.9 Å². The zero-order valence-corrected chi connectivity index (χ0v) is 15.3. The van der Waals surface area contributed by atoms with Crippen molar-refractivity contribution in [2.24, 2.45) is 0 Å². The maximum absolute atomic E-state index is 12.3. The van der Waals surface area contributed by atoms with Crippen LogP contribution in [0.2, 0.25) is 0 Å². The van der Waals surface area contributed by atoms with Gasteiger partial charge in [0, 0.05) is 19.0 Å². The molecule has 0 fully saturated rings. The molecule has 0 spiro atoms. The van der Waals surface area contributed by atoms with Crippen molar-refractivity contribution >= 4 is 34.3 Å². The summed E-state index contributed by atoms with van der Waals surface area (Å²) in [6.07, 6.45) is 0.533. The van der Waals surface area contributed by atoms with Crippen molar-refractivity contribution in [3.63, 3.8) is 0 Å². The lowest BCUT2D eigenvalue weighted by Gasteiger charge is -2.28. The lowest BCUT2D eigenvalue weighted by molar-refractivity contribution is -0.384. The van der Waals surface area contributed by atoms with Gasteiger partial charge in [-0.05, 0) is 18.2 Å². The number of nitrogens with zero attached hydrogens (tertiary/aromatic N) is 3. The number of fused-ring (bicyclic) bond motifs is 2. The number of nitro benzene ring substituents is 1. The number of nitro groups is 1. The molecule has 10 heteroatoms. The van der Waals surface area contributed by atoms with Crippen molar-refractivity contribution < 1.29 is 19.2 Å². The average molecular weight is 395 g/mol. The first kappa shape index (κ1) is 18.4. The second-order valence-corrected chi connectivity index (χ2v) is 6.54. The van der Waals surface area contributed by atoms with Crippen LogP contribution in [0.4, 0.5) is 11.4 Å². The van der Waals surface area contributed by atoms with Crippen LogP contribution in [0, 0.1) is 10.1 Å². The Balaban J connectivity index is 1.37. The minimum absolute atomic E-state index is 0.0694. The SMILES string of the molecule is O=C(CN1CC(=O)Oc2cc([N+](=O)[O-])ccc21)NCCc1nc2ccccc2[nH]1. The van der Waals surface area contributed by atoms with Gasteiger partial charge in [0.1, 0.15) is 12.4 Å². The van der Waals surface area contributed by atoms with E-state index in [1.807, 2.05) is 24.3 Å². The predicted octanol–water partition coefficient (Wildman–Crippen LogP) is 1.56. The van der Waals surface area contributed by atoms with Crippen LogP contribution in [-0.4, -0.2) is 46.4 Å². The highest BCUT2D eigenvalue weighted by Gasteiger charge is 2.27. The van der Waals surface area contributed by atoms with Gasteiger partial charge in [0.2, 0.25) is 5.91 Å². The fraction of sp³-hybridized carbons (Fsp3) is 0.211. The minimum atomic E-state index is -0.576. The van der Waals surface area contributed by atoms with E-state index in [-0.39, 0.29) is 30.4 Å². The van der Waals surface area contributed by atoms with Gasteiger partial charge in [-0.1, -0.05) is 12.1 Å². The Morgan fingerprint density at radius 3 is 2.93 bits per heavy atom. The molecule has 1 aliphatic rings. The van der Waals surface area contributed by atoms with E-state index in [9.17, 15) is 19.7 Å². The standard InChI is InChI=1S/C19H17N5O5/c25-18(20-8-7-17-21-13-3-1-2-4-14(13)22-17)10-23-11-19(26)29-16-9-12(24(27)28)5-6-15(16)23/h1-6,9H,7-8,10-11H2,(H,20,25)(H,21,22). The largest absolute Gasteiger partial charge is 0.423 e. The highest BCUT2D eigenvalue weighted by Crippen LogP contribution is 2.34. The summed E-state index contributed by atoms with van der Waals surface area (Å²) in [5.41, 5.74) is 2.08. The molecule has 29 heavy (non-hydrogen) atoms. The van der Waals surface area contributed by atoms with Crippen molar-refractivity contribution in [3.05, 3.63) is 58.4 Å². The molecule has 10 nitrogen and oxygen atoms in total. The summed E-state index contributed by atoms with van der Waals surface area (Å²) in [5.74, 6) is -0.00980. The number of carbonyl (C=O) groups excluding carboxylic acids is 2. The summed E-state index contributed by atoms with van der Waals surface area (Å²) in [5, 5.41) is 13.7. The number of non-ortho nitro benzene ring substituents is 1. The number of H-pyrrole nitrogens is 1. The molecule has 0 atom stereocenters. The number of esters is 1. The van der Waals surface area contributed by atoms with Crippen LogP contribution in [-0.2, 0) is 16.0 Å². The van der Waals surface area contributed by atoms with Crippen LogP contribution in [0.5, 0.6) is 5.75 Å². The molecular weight excluding hydrogens is 378 g/mol. The van der Waals surface area contributed by atoms with Crippen molar-refractivity contribution in [3.8, 4) is 5.75 Å². The van der Waals surface area contributed by atoms with E-state index in [2.05, 4.69) is 15.3 Å². The van der Waals surface area contributed by atoms with Gasteiger partial charge in [0.25, 0.3) is 5.69 Å². The number of hydrogen-bond donors (Lipinski definition) is 2. The maximum atomic E-state index is 12.3. The van der Waals surface area contributed by atoms with Crippen LogP contribution in [0.1, 0.15) is 5.82 Å². The molecule has 0 radical (unpaired) electrons. The molecule has 0 saturated carbocycles. The predicted molar refractivity (Wildman–Crippen MR) is 104 cm³/mol. The molecule has 2 aromatic carbocycles. The van der Waals surface area contributed by atoms with Crippen LogP contribution in [0.25, 0.3) is 11.0 Å². The topological polar surface area (TPSA) is 130 Å². The molecule has 3 aromatic rings. The van der Waals surface area contributed by atoms with Crippen molar-refractivity contribution in [2.45, 2.75) is 6.42 Å². The third-order valence-corrected chi connectivity index (χ3v) is 4.50. The monoisotopic (exact) mass is 395 g/mol. The van der Waals surface area contributed by atoms with Crippen LogP contribution in [0.15, 0.2) is 42.5 Å². The van der Waals surface area contributed by atoms with E-state index in [0.29, 0.717) is 18.7 Å². The number of aromatic amines is 1. The number of para-hydroxylation sites is 2. The number of nitrogens with one attached hydrogen (secondary N) is 2. The number of carbonyl (C=O) groups is 2. The number of hydrogen-bond acceptors (Lipinski definition) is 7. The molecule has 1 amide bonds. The molecule has 0 bridgehead atoms. The molecule has 1 aliphatic heterocycles. The van der Waals surface area contributed by atoms with Gasteiger partial charge >= 0.3 is 5.97 Å². The molecular formula is C19H17N5O5. The van der Waals surface area contributed by atoms with Gasteiger partial charge in [-0.25, -0.2) is 9.78 Å². The summed E-state index contributed by atoms with van der Waals surface area (Å²) in [6.45, 7) is 0.200. The number of benzene rings is 2. The van der Waals surface area contributed by atoms with Gasteiger partial charge in [-0.15, -0.1) is 0 Å². The highest BCUT2D eigenvalue weighted by molar-refractivity contribution is 5.89. The van der Waals surface area contributed by atoms with Crippen molar-refractivity contribution in [1.82, 2.24) is 15.3 Å². The quantitative estimate of drug-likeness (QED) is 0.280. The third kappa shape index (κ3) is 4.00. The minimum Gasteiger partial charge on any atom is -0.423 e. The van der Waals surface area contributed by atoms with Gasteiger partial charge in [0.15, 0.2) is 5.75 Å². The number of rotatable bonds is 6. The lowest BCUT2D eigenvalue weighted by Crippen LogP contribution is -2.43. The second-order valence-electron chi connectivity index (χ2n) is 6.54. The van der Waals surface area contributed by atoms with E-state index >= 15 is 0 Å². The van der Waals surface area contributed by atoms with Gasteiger partial charge in [-0.2, -0.15) is 0 Å². The third-order valence-electron chi connectivity index (χ3n) is 4.50. The van der Waals surface area contributed by atoms with E-state index in [1.165, 1.54) is 23.1 Å². The maximum Gasteiger partial charge on any atom is 0.331 e. The Hall–Kier alpha value is -3.95. The number of aromatic nitrogens is 2. The summed E-state index contributed by atoms with van der Waals surface area (Å²) in [6, 6.07) is 11.6. The molecule has 1 aromatic heterocycles. The zero-order chi connectivity index (χ0) is 20.4. The first-order valence-electron chi connectivity index (χ1n) is 8.94.